The van der Waals surface area contributed by atoms with Crippen molar-refractivity contribution in [2.45, 2.75) is 44.8 Å². The van der Waals surface area contributed by atoms with Crippen LogP contribution in [0.1, 0.15) is 44.2 Å². The van der Waals surface area contributed by atoms with Crippen molar-refractivity contribution in [3.8, 4) is 0 Å². The molecule has 1 fully saturated rings. The zero-order chi connectivity index (χ0) is 21.4. The first kappa shape index (κ1) is 22.5. The van der Waals surface area contributed by atoms with Gasteiger partial charge in [0.2, 0.25) is 0 Å². The normalized spacial score (nSPS) is 16.5. The smallest absolute Gasteiger partial charge is 0.328 e. The van der Waals surface area contributed by atoms with Crippen molar-refractivity contribution >= 4 is 22.9 Å². The number of hydrogen-bond donors (Lipinski definition) is 3. The van der Waals surface area contributed by atoms with Crippen LogP contribution in [0.4, 0.5) is 4.39 Å². The highest BCUT2D eigenvalue weighted by atomic mass is 19.1. The Morgan fingerprint density at radius 3 is 2.45 bits per heavy atom. The van der Waals surface area contributed by atoms with Crippen molar-refractivity contribution in [1.82, 2.24) is 10.1 Å². The van der Waals surface area contributed by atoms with Gasteiger partial charge in [0.15, 0.2) is 5.58 Å². The molecule has 158 valence electrons. The molecular weight excluding hydrogens is 383 g/mol. The predicted octanol–water partition coefficient (Wildman–Crippen LogP) is 2.98. The van der Waals surface area contributed by atoms with Gasteiger partial charge < -0.3 is 19.8 Å². The third kappa shape index (κ3) is 6.65. The molecule has 0 bridgehead atoms. The van der Waals surface area contributed by atoms with Crippen molar-refractivity contribution in [3.63, 3.8) is 0 Å². The maximum Gasteiger partial charge on any atom is 0.328 e. The van der Waals surface area contributed by atoms with Crippen molar-refractivity contribution in [2.24, 2.45) is 0 Å². The molecule has 29 heavy (non-hydrogen) atoms. The largest absolute Gasteiger partial charge is 0.478 e. The second-order valence-corrected chi connectivity index (χ2v) is 6.80. The molecule has 2 aromatic rings. The highest BCUT2D eigenvalue weighted by molar-refractivity contribution is 5.89. The number of piperidine rings is 1. The number of aliphatic carboxylic acids is 2. The molecule has 2 heterocycles. The summed E-state index contributed by atoms with van der Waals surface area (Å²) in [4.78, 5) is 21.2. The number of nitrogens with zero attached hydrogens (tertiary/aromatic N) is 2. The number of carboxylic acids is 2. The van der Waals surface area contributed by atoms with Crippen LogP contribution >= 0.6 is 0 Å². The zero-order valence-electron chi connectivity index (χ0n) is 16.1. The monoisotopic (exact) mass is 408 g/mol. The summed E-state index contributed by atoms with van der Waals surface area (Å²) in [6.07, 6.45) is 4.47. The molecule has 9 heteroatoms. The van der Waals surface area contributed by atoms with Gasteiger partial charge in [-0.2, -0.15) is 0 Å². The number of aliphatic hydroxyl groups is 1. The molecule has 1 saturated heterocycles. The van der Waals surface area contributed by atoms with Crippen LogP contribution in [0.15, 0.2) is 34.9 Å². The number of halogens is 1. The lowest BCUT2D eigenvalue weighted by Gasteiger charge is -2.34. The number of hydrogen-bond acceptors (Lipinski definition) is 6. The molecule has 1 aliphatic rings. The van der Waals surface area contributed by atoms with Crippen molar-refractivity contribution < 1.29 is 33.8 Å². The Hall–Kier alpha value is -2.78. The second-order valence-electron chi connectivity index (χ2n) is 6.80. The van der Waals surface area contributed by atoms with Crippen LogP contribution in [-0.2, 0) is 9.59 Å². The molecule has 0 saturated carbocycles. The first-order valence-electron chi connectivity index (χ1n) is 9.42. The van der Waals surface area contributed by atoms with Crippen LogP contribution in [0.2, 0.25) is 0 Å². The summed E-state index contributed by atoms with van der Waals surface area (Å²) < 4.78 is 18.4. The molecule has 3 N–H and O–H groups in total. The second kappa shape index (κ2) is 10.7. The number of rotatable bonds is 6. The molecule has 0 spiro atoms. The summed E-state index contributed by atoms with van der Waals surface area (Å²) in [5.74, 6) is -2.50. The Morgan fingerprint density at radius 1 is 1.28 bits per heavy atom. The average Bonchev–Trinajstić information content (AvgIpc) is 3.10. The van der Waals surface area contributed by atoms with Gasteiger partial charge in [-0.15, -0.1) is 0 Å². The molecule has 8 nitrogen and oxygen atoms in total. The summed E-state index contributed by atoms with van der Waals surface area (Å²) in [5, 5.41) is 30.7. The van der Waals surface area contributed by atoms with E-state index >= 15 is 0 Å². The number of aliphatic hydroxyl groups excluding tert-OH is 1. The Balaban J connectivity index is 0.000000321. The van der Waals surface area contributed by atoms with Gasteiger partial charge in [0, 0.05) is 42.6 Å². The molecule has 3 rings (SSSR count). The average molecular weight is 408 g/mol. The fourth-order valence-corrected chi connectivity index (χ4v) is 3.28. The van der Waals surface area contributed by atoms with Crippen molar-refractivity contribution in [1.29, 1.82) is 0 Å². The molecule has 1 atom stereocenters. The molecule has 0 amide bonds. The molecule has 1 aromatic carbocycles. The number of fused-ring (bicyclic) bond motifs is 1. The minimum atomic E-state index is -1.26. The topological polar surface area (TPSA) is 124 Å². The summed E-state index contributed by atoms with van der Waals surface area (Å²) in [6, 6.07) is 4.57. The Kier molecular flexibility index (Phi) is 8.29. The van der Waals surface area contributed by atoms with Crippen LogP contribution < -0.4 is 0 Å². The summed E-state index contributed by atoms with van der Waals surface area (Å²) in [6.45, 7) is 3.80. The predicted molar refractivity (Wildman–Crippen MR) is 103 cm³/mol. The SMILES string of the molecule is CCCC(O)N1CCC(c2noc3cc(F)ccc23)CC1.O=C(O)C=CC(=O)O. The maximum atomic E-state index is 13.2. The van der Waals surface area contributed by atoms with E-state index in [2.05, 4.69) is 17.0 Å². The van der Waals surface area contributed by atoms with E-state index in [1.807, 2.05) is 0 Å². The fraction of sp³-hybridized carbons (Fsp3) is 0.450. The van der Waals surface area contributed by atoms with Crippen LogP contribution in [0.25, 0.3) is 11.0 Å². The number of carboxylic acid groups (broad SMARTS) is 2. The number of aromatic nitrogens is 1. The standard InChI is InChI=1S/C16H21FN2O2.C4H4O4/c1-2-3-15(20)19-8-6-11(7-9-19)16-13-5-4-12(17)10-14(13)21-18-16;5-3(6)1-2-4(7)8/h4-5,10-11,15,20H,2-3,6-9H2,1H3;1-2H,(H,5,6)(H,7,8). The Labute approximate surface area is 167 Å². The number of benzene rings is 1. The first-order chi connectivity index (χ1) is 13.8. The lowest BCUT2D eigenvalue weighted by Crippen LogP contribution is -2.40. The quantitative estimate of drug-likeness (QED) is 0.623. The molecular formula is C20H25FN2O6. The van der Waals surface area contributed by atoms with Gasteiger partial charge in [0.05, 0.1) is 5.69 Å². The lowest BCUT2D eigenvalue weighted by atomic mass is 9.91. The zero-order valence-corrected chi connectivity index (χ0v) is 16.1. The summed E-state index contributed by atoms with van der Waals surface area (Å²) >= 11 is 0. The Morgan fingerprint density at radius 2 is 1.90 bits per heavy atom. The van der Waals surface area contributed by atoms with Crippen LogP contribution in [0.5, 0.6) is 0 Å². The first-order valence-corrected chi connectivity index (χ1v) is 9.42. The van der Waals surface area contributed by atoms with Gasteiger partial charge in [-0.1, -0.05) is 18.5 Å². The van der Waals surface area contributed by atoms with E-state index in [-0.39, 0.29) is 12.0 Å². The van der Waals surface area contributed by atoms with Crippen LogP contribution in [-0.4, -0.2) is 56.6 Å². The van der Waals surface area contributed by atoms with Crippen LogP contribution in [0, 0.1) is 5.82 Å². The molecule has 1 aliphatic heterocycles. The van der Waals surface area contributed by atoms with E-state index in [1.165, 1.54) is 12.1 Å². The third-order valence-corrected chi connectivity index (χ3v) is 4.72. The van der Waals surface area contributed by atoms with Gasteiger partial charge >= 0.3 is 11.9 Å². The number of carbonyl (C=O) groups is 2. The minimum absolute atomic E-state index is 0.303. The van der Waals surface area contributed by atoms with E-state index in [0.717, 1.165) is 49.9 Å². The van der Waals surface area contributed by atoms with Gasteiger partial charge in [-0.05, 0) is 31.4 Å². The molecule has 1 aromatic heterocycles. The van der Waals surface area contributed by atoms with Crippen molar-refractivity contribution in [3.05, 3.63) is 41.9 Å². The maximum absolute atomic E-state index is 13.2. The van der Waals surface area contributed by atoms with Gasteiger partial charge in [0.25, 0.3) is 0 Å². The number of likely N-dealkylation sites (tertiary alicyclic amines) is 1. The highest BCUT2D eigenvalue weighted by Gasteiger charge is 2.27. The van der Waals surface area contributed by atoms with E-state index in [4.69, 9.17) is 14.7 Å². The summed E-state index contributed by atoms with van der Waals surface area (Å²) in [5.41, 5.74) is 1.44. The molecule has 1 unspecified atom stereocenters. The van der Waals surface area contributed by atoms with E-state index in [0.29, 0.717) is 23.7 Å². The third-order valence-electron chi connectivity index (χ3n) is 4.72. The molecule has 0 radical (unpaired) electrons. The van der Waals surface area contributed by atoms with Gasteiger partial charge in [0.1, 0.15) is 12.0 Å². The van der Waals surface area contributed by atoms with Gasteiger partial charge in [-0.3, -0.25) is 4.90 Å². The van der Waals surface area contributed by atoms with E-state index < -0.39 is 11.9 Å². The highest BCUT2D eigenvalue weighted by Crippen LogP contribution is 2.33. The van der Waals surface area contributed by atoms with Crippen LogP contribution in [0.3, 0.4) is 0 Å². The summed E-state index contributed by atoms with van der Waals surface area (Å²) in [7, 11) is 0. The van der Waals surface area contributed by atoms with Crippen molar-refractivity contribution in [2.75, 3.05) is 13.1 Å². The fourth-order valence-electron chi connectivity index (χ4n) is 3.28. The molecule has 0 aliphatic carbocycles. The Bertz CT molecular complexity index is 842. The lowest BCUT2D eigenvalue weighted by molar-refractivity contribution is -0.134. The van der Waals surface area contributed by atoms with Gasteiger partial charge in [-0.25, -0.2) is 14.0 Å². The minimum Gasteiger partial charge on any atom is -0.478 e. The van der Waals surface area contributed by atoms with E-state index in [9.17, 15) is 19.1 Å². The van der Waals surface area contributed by atoms with E-state index in [1.54, 1.807) is 6.07 Å².